The van der Waals surface area contributed by atoms with Crippen LogP contribution >= 0.6 is 0 Å². The maximum Gasteiger partial charge on any atom is 0.270 e. The zero-order valence-electron chi connectivity index (χ0n) is 12.8. The summed E-state index contributed by atoms with van der Waals surface area (Å²) in [6.07, 6.45) is 1.26. The third-order valence-electron chi connectivity index (χ3n) is 3.14. The van der Waals surface area contributed by atoms with Crippen molar-refractivity contribution in [2.45, 2.75) is 6.42 Å². The standard InChI is InChI=1S/C16H15N3O5/c1-24-14-5-2-11(3-6-14)8-16(21)18-17-10-12-9-13(19(22)23)4-7-15(12)20/h2-7,9-10,20H,8H2,1H3,(H,18,21)/b17-10-. The average molecular weight is 329 g/mol. The molecular weight excluding hydrogens is 314 g/mol. The number of phenols is 1. The predicted octanol–water partition coefficient (Wildman–Crippen LogP) is 2.00. The van der Waals surface area contributed by atoms with Crippen molar-refractivity contribution >= 4 is 17.8 Å². The summed E-state index contributed by atoms with van der Waals surface area (Å²) in [4.78, 5) is 21.9. The summed E-state index contributed by atoms with van der Waals surface area (Å²) in [5.41, 5.74) is 3.03. The summed E-state index contributed by atoms with van der Waals surface area (Å²) < 4.78 is 5.03. The first-order valence-electron chi connectivity index (χ1n) is 6.92. The number of nitro benzene ring substituents is 1. The Hall–Kier alpha value is -3.42. The Kier molecular flexibility index (Phi) is 5.45. The summed E-state index contributed by atoms with van der Waals surface area (Å²) in [7, 11) is 1.56. The molecular formula is C16H15N3O5. The quantitative estimate of drug-likeness (QED) is 0.478. The van der Waals surface area contributed by atoms with E-state index in [0.717, 1.165) is 17.8 Å². The van der Waals surface area contributed by atoms with Crippen molar-refractivity contribution in [3.8, 4) is 11.5 Å². The SMILES string of the molecule is COc1ccc(CC(=O)N/N=C\c2cc([N+](=O)[O-])ccc2O)cc1. The van der Waals surface area contributed by atoms with Crippen LogP contribution < -0.4 is 10.2 Å². The van der Waals surface area contributed by atoms with Gasteiger partial charge in [0.05, 0.1) is 24.7 Å². The van der Waals surface area contributed by atoms with Gasteiger partial charge < -0.3 is 9.84 Å². The van der Waals surface area contributed by atoms with E-state index < -0.39 is 4.92 Å². The van der Waals surface area contributed by atoms with Gasteiger partial charge in [-0.1, -0.05) is 12.1 Å². The summed E-state index contributed by atoms with van der Waals surface area (Å²) in [6.45, 7) is 0. The first-order chi connectivity index (χ1) is 11.5. The lowest BCUT2D eigenvalue weighted by Gasteiger charge is -2.03. The van der Waals surface area contributed by atoms with Crippen LogP contribution in [0.2, 0.25) is 0 Å². The molecule has 124 valence electrons. The van der Waals surface area contributed by atoms with Gasteiger partial charge in [0.15, 0.2) is 0 Å². The highest BCUT2D eigenvalue weighted by molar-refractivity contribution is 5.86. The summed E-state index contributed by atoms with van der Waals surface area (Å²) in [5, 5.41) is 24.0. The maximum atomic E-state index is 11.8. The van der Waals surface area contributed by atoms with Crippen LogP contribution in [-0.2, 0) is 11.2 Å². The zero-order chi connectivity index (χ0) is 17.5. The third-order valence-corrected chi connectivity index (χ3v) is 3.14. The second kappa shape index (κ2) is 7.73. The molecule has 2 aromatic carbocycles. The van der Waals surface area contributed by atoms with Gasteiger partial charge in [0.2, 0.25) is 5.91 Å². The van der Waals surface area contributed by atoms with Crippen molar-refractivity contribution in [2.24, 2.45) is 5.10 Å². The van der Waals surface area contributed by atoms with Crippen LogP contribution in [0.15, 0.2) is 47.6 Å². The molecule has 0 aliphatic carbocycles. The highest BCUT2D eigenvalue weighted by Crippen LogP contribution is 2.21. The topological polar surface area (TPSA) is 114 Å². The molecule has 0 unspecified atom stereocenters. The van der Waals surface area contributed by atoms with Crippen molar-refractivity contribution in [3.63, 3.8) is 0 Å². The highest BCUT2D eigenvalue weighted by Gasteiger charge is 2.09. The highest BCUT2D eigenvalue weighted by atomic mass is 16.6. The van der Waals surface area contributed by atoms with Gasteiger partial charge >= 0.3 is 0 Å². The van der Waals surface area contributed by atoms with E-state index in [0.29, 0.717) is 5.75 Å². The Morgan fingerprint density at radius 2 is 2.04 bits per heavy atom. The van der Waals surface area contributed by atoms with Crippen LogP contribution in [0.25, 0.3) is 0 Å². The van der Waals surface area contributed by atoms with Crippen LogP contribution in [-0.4, -0.2) is 29.3 Å². The van der Waals surface area contributed by atoms with Gasteiger partial charge in [-0.25, -0.2) is 5.43 Å². The Labute approximate surface area is 137 Å². The minimum atomic E-state index is -0.584. The molecule has 8 nitrogen and oxygen atoms in total. The normalized spacial score (nSPS) is 10.5. The van der Waals surface area contributed by atoms with E-state index in [1.165, 1.54) is 12.1 Å². The molecule has 0 spiro atoms. The maximum absolute atomic E-state index is 11.8. The zero-order valence-corrected chi connectivity index (χ0v) is 12.8. The molecule has 0 atom stereocenters. The van der Waals surface area contributed by atoms with Crippen LogP contribution in [0.3, 0.4) is 0 Å². The number of nitrogens with zero attached hydrogens (tertiary/aromatic N) is 2. The Balaban J connectivity index is 1.96. The second-order valence-corrected chi connectivity index (χ2v) is 4.82. The number of nitrogens with one attached hydrogen (secondary N) is 1. The number of carbonyl (C=O) groups is 1. The van der Waals surface area contributed by atoms with Gasteiger partial charge in [-0.2, -0.15) is 5.10 Å². The van der Waals surface area contributed by atoms with Gasteiger partial charge in [-0.05, 0) is 23.8 Å². The van der Waals surface area contributed by atoms with Crippen LogP contribution in [0.1, 0.15) is 11.1 Å². The number of amides is 1. The molecule has 0 aliphatic heterocycles. The van der Waals surface area contributed by atoms with Gasteiger partial charge in [0.1, 0.15) is 11.5 Å². The number of non-ortho nitro benzene ring substituents is 1. The largest absolute Gasteiger partial charge is 0.507 e. The van der Waals surface area contributed by atoms with E-state index in [9.17, 15) is 20.0 Å². The van der Waals surface area contributed by atoms with E-state index in [1.54, 1.807) is 31.4 Å². The Morgan fingerprint density at radius 3 is 2.67 bits per heavy atom. The van der Waals surface area contributed by atoms with Crippen molar-refractivity contribution in [1.29, 1.82) is 0 Å². The summed E-state index contributed by atoms with van der Waals surface area (Å²) in [5.74, 6) is 0.161. The van der Waals surface area contributed by atoms with Crippen molar-refractivity contribution in [2.75, 3.05) is 7.11 Å². The lowest BCUT2D eigenvalue weighted by atomic mass is 10.1. The lowest BCUT2D eigenvalue weighted by Crippen LogP contribution is -2.19. The van der Waals surface area contributed by atoms with Gasteiger partial charge in [-0.3, -0.25) is 14.9 Å². The van der Waals surface area contributed by atoms with Gasteiger partial charge in [0, 0.05) is 17.7 Å². The number of aromatic hydroxyl groups is 1. The molecule has 0 bridgehead atoms. The molecule has 2 rings (SSSR count). The molecule has 8 heteroatoms. The lowest BCUT2D eigenvalue weighted by molar-refractivity contribution is -0.384. The van der Waals surface area contributed by atoms with E-state index in [4.69, 9.17) is 4.74 Å². The number of benzene rings is 2. The van der Waals surface area contributed by atoms with Crippen LogP contribution in [0.4, 0.5) is 5.69 Å². The molecule has 1 amide bonds. The minimum absolute atomic E-state index is 0.113. The van der Waals surface area contributed by atoms with Gasteiger partial charge in [-0.15, -0.1) is 0 Å². The van der Waals surface area contributed by atoms with Gasteiger partial charge in [0.25, 0.3) is 5.69 Å². The monoisotopic (exact) mass is 329 g/mol. The molecule has 2 aromatic rings. The number of carbonyl (C=O) groups excluding carboxylic acids is 1. The molecule has 0 saturated carbocycles. The third kappa shape index (κ3) is 4.54. The Morgan fingerprint density at radius 1 is 1.33 bits per heavy atom. The molecule has 0 heterocycles. The van der Waals surface area contributed by atoms with Crippen molar-refractivity contribution in [3.05, 3.63) is 63.7 Å². The minimum Gasteiger partial charge on any atom is -0.507 e. The fourth-order valence-electron chi connectivity index (χ4n) is 1.90. The Bertz CT molecular complexity index is 772. The smallest absolute Gasteiger partial charge is 0.270 e. The fourth-order valence-corrected chi connectivity index (χ4v) is 1.90. The summed E-state index contributed by atoms with van der Waals surface area (Å²) in [6, 6.07) is 10.5. The molecule has 0 saturated heterocycles. The molecule has 0 aromatic heterocycles. The molecule has 0 aliphatic rings. The molecule has 24 heavy (non-hydrogen) atoms. The number of nitro groups is 1. The fraction of sp³-hybridized carbons (Fsp3) is 0.125. The number of hydrogen-bond donors (Lipinski definition) is 2. The van der Waals surface area contributed by atoms with Crippen LogP contribution in [0.5, 0.6) is 11.5 Å². The number of hydrogen-bond acceptors (Lipinski definition) is 6. The van der Waals surface area contributed by atoms with Crippen molar-refractivity contribution in [1.82, 2.24) is 5.43 Å². The first kappa shape index (κ1) is 16.9. The van der Waals surface area contributed by atoms with E-state index in [-0.39, 0.29) is 29.3 Å². The second-order valence-electron chi connectivity index (χ2n) is 4.82. The number of ether oxygens (including phenoxy) is 1. The van der Waals surface area contributed by atoms with Crippen LogP contribution in [0, 0.1) is 10.1 Å². The number of hydrazone groups is 1. The number of rotatable bonds is 6. The number of methoxy groups -OCH3 is 1. The number of phenolic OH excluding ortho intramolecular Hbond substituents is 1. The van der Waals surface area contributed by atoms with E-state index >= 15 is 0 Å². The summed E-state index contributed by atoms with van der Waals surface area (Å²) >= 11 is 0. The first-order valence-corrected chi connectivity index (χ1v) is 6.92. The van der Waals surface area contributed by atoms with E-state index in [2.05, 4.69) is 10.5 Å². The molecule has 0 radical (unpaired) electrons. The molecule has 2 N–H and O–H groups in total. The average Bonchev–Trinajstić information content (AvgIpc) is 2.57. The van der Waals surface area contributed by atoms with E-state index in [1.807, 2.05) is 0 Å². The predicted molar refractivity (Wildman–Crippen MR) is 87.2 cm³/mol. The molecule has 0 fully saturated rings. The van der Waals surface area contributed by atoms with Crippen molar-refractivity contribution < 1.29 is 19.6 Å².